The Balaban J connectivity index is 2.03. The van der Waals surface area contributed by atoms with Crippen LogP contribution in [0, 0.1) is 6.92 Å². The van der Waals surface area contributed by atoms with Crippen LogP contribution in [0.3, 0.4) is 0 Å². The van der Waals surface area contributed by atoms with Gasteiger partial charge in [-0.25, -0.2) is 4.79 Å². The fourth-order valence-corrected chi connectivity index (χ4v) is 2.90. The molecule has 1 saturated heterocycles. The predicted octanol–water partition coefficient (Wildman–Crippen LogP) is 2.35. The molecule has 1 aromatic rings. The first kappa shape index (κ1) is 14.0. The highest BCUT2D eigenvalue weighted by Gasteiger charge is 2.24. The van der Waals surface area contributed by atoms with Crippen LogP contribution in [0.25, 0.3) is 0 Å². The average molecular weight is 283 g/mol. The van der Waals surface area contributed by atoms with Crippen molar-refractivity contribution in [3.05, 3.63) is 16.5 Å². The molecule has 0 saturated carbocycles. The van der Waals surface area contributed by atoms with Gasteiger partial charge in [0.1, 0.15) is 11.0 Å². The van der Waals surface area contributed by atoms with Crippen LogP contribution in [0.2, 0.25) is 0 Å². The summed E-state index contributed by atoms with van der Waals surface area (Å²) in [5.74, 6) is -0.489. The summed E-state index contributed by atoms with van der Waals surface area (Å²) in [6.07, 6.45) is 1.30. The van der Waals surface area contributed by atoms with Crippen LogP contribution >= 0.6 is 11.3 Å². The first-order chi connectivity index (χ1) is 9.11. The third-order valence-electron chi connectivity index (χ3n) is 2.85. The molecule has 6 heteroatoms. The Morgan fingerprint density at radius 2 is 2.37 bits per heavy atom. The first-order valence-corrected chi connectivity index (χ1v) is 7.13. The lowest BCUT2D eigenvalue weighted by Gasteiger charge is -2.08. The molecule has 104 valence electrons. The van der Waals surface area contributed by atoms with E-state index in [1.807, 2.05) is 6.92 Å². The van der Waals surface area contributed by atoms with Crippen molar-refractivity contribution >= 4 is 28.2 Å². The maximum Gasteiger partial charge on any atom is 0.348 e. The van der Waals surface area contributed by atoms with Crippen LogP contribution < -0.4 is 5.32 Å². The summed E-state index contributed by atoms with van der Waals surface area (Å²) in [5.41, 5.74) is 0.811. The van der Waals surface area contributed by atoms with E-state index in [1.165, 1.54) is 11.3 Å². The van der Waals surface area contributed by atoms with Crippen molar-refractivity contribution in [3.63, 3.8) is 0 Å². The molecule has 0 aromatic carbocycles. The summed E-state index contributed by atoms with van der Waals surface area (Å²) < 4.78 is 10.3. The van der Waals surface area contributed by atoms with Crippen LogP contribution in [0.4, 0.5) is 5.00 Å². The van der Waals surface area contributed by atoms with Crippen molar-refractivity contribution < 1.29 is 19.1 Å². The molecule has 0 spiro atoms. The minimum Gasteiger partial charge on any atom is -0.462 e. The van der Waals surface area contributed by atoms with Crippen LogP contribution in [0.15, 0.2) is 6.07 Å². The molecule has 0 radical (unpaired) electrons. The minimum atomic E-state index is -0.367. The first-order valence-electron chi connectivity index (χ1n) is 6.32. The number of hydrogen-bond acceptors (Lipinski definition) is 5. The molecule has 2 heterocycles. The Morgan fingerprint density at radius 1 is 1.58 bits per heavy atom. The number of carbonyl (C=O) groups is 2. The number of hydrogen-bond donors (Lipinski definition) is 1. The third kappa shape index (κ3) is 3.33. The van der Waals surface area contributed by atoms with Crippen molar-refractivity contribution in [2.75, 3.05) is 18.5 Å². The third-order valence-corrected chi connectivity index (χ3v) is 3.98. The van der Waals surface area contributed by atoms with E-state index in [-0.39, 0.29) is 18.0 Å². The van der Waals surface area contributed by atoms with Gasteiger partial charge < -0.3 is 14.8 Å². The fraction of sp³-hybridized carbons (Fsp3) is 0.538. The van der Waals surface area contributed by atoms with E-state index >= 15 is 0 Å². The molecule has 19 heavy (non-hydrogen) atoms. The molecule has 1 aliphatic heterocycles. The SMILES string of the molecule is CCOC(=O)c1sc(NC(=O)[C@H]2CCCO2)cc1C. The maximum absolute atomic E-state index is 11.9. The van der Waals surface area contributed by atoms with Gasteiger partial charge in [-0.3, -0.25) is 4.79 Å². The van der Waals surface area contributed by atoms with E-state index < -0.39 is 0 Å². The Hall–Kier alpha value is -1.40. The average Bonchev–Trinajstić information content (AvgIpc) is 2.99. The monoisotopic (exact) mass is 283 g/mol. The largest absolute Gasteiger partial charge is 0.462 e. The van der Waals surface area contributed by atoms with Crippen molar-refractivity contribution in [1.82, 2.24) is 0 Å². The van der Waals surface area contributed by atoms with Crippen LogP contribution in [0.5, 0.6) is 0 Å². The van der Waals surface area contributed by atoms with Crippen molar-refractivity contribution in [3.8, 4) is 0 Å². The topological polar surface area (TPSA) is 64.6 Å². The standard InChI is InChI=1S/C13H17NO4S/c1-3-17-13(16)11-8(2)7-10(19-11)14-12(15)9-5-4-6-18-9/h7,9H,3-6H2,1-2H3,(H,14,15)/t9-/m1/s1. The number of nitrogens with one attached hydrogen (secondary N) is 1. The van der Waals surface area contributed by atoms with E-state index in [4.69, 9.17) is 9.47 Å². The summed E-state index contributed by atoms with van der Waals surface area (Å²) in [7, 11) is 0. The number of anilines is 1. The van der Waals surface area contributed by atoms with Gasteiger partial charge in [-0.05, 0) is 38.3 Å². The number of aryl methyl sites for hydroxylation is 1. The molecule has 5 nitrogen and oxygen atoms in total. The zero-order valence-corrected chi connectivity index (χ0v) is 11.8. The minimum absolute atomic E-state index is 0.144. The van der Waals surface area contributed by atoms with Gasteiger partial charge in [-0.15, -0.1) is 11.3 Å². The second-order valence-corrected chi connectivity index (χ2v) is 5.39. The number of amides is 1. The van der Waals surface area contributed by atoms with E-state index in [1.54, 1.807) is 13.0 Å². The zero-order valence-electron chi connectivity index (χ0n) is 11.0. The Labute approximate surface area is 115 Å². The van der Waals surface area contributed by atoms with Crippen molar-refractivity contribution in [1.29, 1.82) is 0 Å². The molecular formula is C13H17NO4S. The lowest BCUT2D eigenvalue weighted by Crippen LogP contribution is -2.26. The zero-order chi connectivity index (χ0) is 13.8. The summed E-state index contributed by atoms with van der Waals surface area (Å²) in [6, 6.07) is 1.78. The van der Waals surface area contributed by atoms with Gasteiger partial charge in [0.05, 0.1) is 11.6 Å². The lowest BCUT2D eigenvalue weighted by atomic mass is 10.2. The van der Waals surface area contributed by atoms with E-state index in [0.717, 1.165) is 18.4 Å². The second kappa shape index (κ2) is 6.16. The highest BCUT2D eigenvalue weighted by atomic mass is 32.1. The Kier molecular flexibility index (Phi) is 4.55. The number of esters is 1. The summed E-state index contributed by atoms with van der Waals surface area (Å²) >= 11 is 1.23. The van der Waals surface area contributed by atoms with Crippen molar-refractivity contribution in [2.24, 2.45) is 0 Å². The lowest BCUT2D eigenvalue weighted by molar-refractivity contribution is -0.124. The molecule has 0 aliphatic carbocycles. The molecule has 1 fully saturated rings. The molecule has 1 aromatic heterocycles. The van der Waals surface area contributed by atoms with Crippen LogP contribution in [-0.2, 0) is 14.3 Å². The molecule has 1 atom stereocenters. The number of rotatable bonds is 4. The molecule has 0 unspecified atom stereocenters. The second-order valence-electron chi connectivity index (χ2n) is 4.33. The molecular weight excluding hydrogens is 266 g/mol. The smallest absolute Gasteiger partial charge is 0.348 e. The highest BCUT2D eigenvalue weighted by molar-refractivity contribution is 7.18. The molecule has 1 amide bonds. The normalized spacial score (nSPS) is 18.3. The Bertz CT molecular complexity index is 477. The van der Waals surface area contributed by atoms with Gasteiger partial charge in [0.25, 0.3) is 5.91 Å². The van der Waals surface area contributed by atoms with E-state index in [2.05, 4.69) is 5.32 Å². The molecule has 0 bridgehead atoms. The summed E-state index contributed by atoms with van der Waals surface area (Å²) in [5, 5.41) is 3.44. The fourth-order valence-electron chi connectivity index (χ4n) is 1.93. The molecule has 1 aliphatic rings. The summed E-state index contributed by atoms with van der Waals surface area (Å²) in [6.45, 7) is 4.56. The number of ether oxygens (including phenoxy) is 2. The quantitative estimate of drug-likeness (QED) is 0.861. The molecule has 1 N–H and O–H groups in total. The van der Waals surface area contributed by atoms with Crippen molar-refractivity contribution in [2.45, 2.75) is 32.8 Å². The highest BCUT2D eigenvalue weighted by Crippen LogP contribution is 2.28. The summed E-state index contributed by atoms with van der Waals surface area (Å²) in [4.78, 5) is 24.1. The maximum atomic E-state index is 11.9. The van der Waals surface area contributed by atoms with Gasteiger partial charge in [-0.2, -0.15) is 0 Å². The number of thiophene rings is 1. The Morgan fingerprint density at radius 3 is 3.00 bits per heavy atom. The van der Waals surface area contributed by atoms with E-state index in [9.17, 15) is 9.59 Å². The van der Waals surface area contributed by atoms with Gasteiger partial charge in [0, 0.05) is 6.61 Å². The van der Waals surface area contributed by atoms with Gasteiger partial charge >= 0.3 is 5.97 Å². The van der Waals surface area contributed by atoms with E-state index in [0.29, 0.717) is 23.1 Å². The van der Waals surface area contributed by atoms with Gasteiger partial charge in [-0.1, -0.05) is 0 Å². The van der Waals surface area contributed by atoms with Gasteiger partial charge in [0.15, 0.2) is 0 Å². The van der Waals surface area contributed by atoms with Crippen LogP contribution in [-0.4, -0.2) is 31.2 Å². The molecule has 2 rings (SSSR count). The number of carbonyl (C=O) groups excluding carboxylic acids is 2. The van der Waals surface area contributed by atoms with Gasteiger partial charge in [0.2, 0.25) is 0 Å². The van der Waals surface area contributed by atoms with Crippen LogP contribution in [0.1, 0.15) is 35.0 Å². The predicted molar refractivity (Wildman–Crippen MR) is 72.6 cm³/mol.